The summed E-state index contributed by atoms with van der Waals surface area (Å²) in [6.45, 7) is 6.39. The standard InChI is InChI=1S/C12H23N3O2S/c1-9(2)17-7-6-13-8-10-11(16-5)14-12(18-10)15(3)4/h9,13H,6-8H2,1-5H3. The Morgan fingerprint density at radius 1 is 1.39 bits per heavy atom. The van der Waals surface area contributed by atoms with Gasteiger partial charge in [-0.3, -0.25) is 0 Å². The molecule has 1 N–H and O–H groups in total. The van der Waals surface area contributed by atoms with Crippen molar-refractivity contribution in [2.45, 2.75) is 26.5 Å². The average molecular weight is 273 g/mol. The van der Waals surface area contributed by atoms with Crippen LogP contribution in [-0.2, 0) is 11.3 Å². The van der Waals surface area contributed by atoms with Gasteiger partial charge in [-0.25, -0.2) is 0 Å². The molecule has 0 fully saturated rings. The molecule has 5 nitrogen and oxygen atoms in total. The number of anilines is 1. The molecule has 0 atom stereocenters. The lowest BCUT2D eigenvalue weighted by Gasteiger charge is -2.08. The zero-order valence-electron chi connectivity index (χ0n) is 11.8. The van der Waals surface area contributed by atoms with Crippen molar-refractivity contribution in [3.05, 3.63) is 4.88 Å². The van der Waals surface area contributed by atoms with Gasteiger partial charge in [0.05, 0.1) is 24.7 Å². The maximum atomic E-state index is 5.47. The molecule has 6 heteroatoms. The Labute approximate surface area is 113 Å². The average Bonchev–Trinajstić information content (AvgIpc) is 2.71. The fourth-order valence-electron chi connectivity index (χ4n) is 1.36. The van der Waals surface area contributed by atoms with Crippen molar-refractivity contribution in [1.82, 2.24) is 10.3 Å². The first-order valence-corrected chi connectivity index (χ1v) is 6.89. The third-order valence-corrected chi connectivity index (χ3v) is 3.45. The summed E-state index contributed by atoms with van der Waals surface area (Å²) in [6.07, 6.45) is 0.282. The Morgan fingerprint density at radius 2 is 2.11 bits per heavy atom. The van der Waals surface area contributed by atoms with Gasteiger partial charge in [0, 0.05) is 27.2 Å². The summed E-state index contributed by atoms with van der Waals surface area (Å²) in [6, 6.07) is 0. The predicted molar refractivity (Wildman–Crippen MR) is 75.8 cm³/mol. The second-order valence-electron chi connectivity index (χ2n) is 4.42. The summed E-state index contributed by atoms with van der Waals surface area (Å²) in [5.74, 6) is 0.709. The summed E-state index contributed by atoms with van der Waals surface area (Å²) in [5, 5.41) is 4.29. The highest BCUT2D eigenvalue weighted by molar-refractivity contribution is 7.15. The van der Waals surface area contributed by atoms with Crippen LogP contribution >= 0.6 is 11.3 Å². The molecule has 0 aliphatic carbocycles. The maximum absolute atomic E-state index is 5.47. The smallest absolute Gasteiger partial charge is 0.230 e. The van der Waals surface area contributed by atoms with Gasteiger partial charge in [0.2, 0.25) is 5.88 Å². The van der Waals surface area contributed by atoms with E-state index in [1.54, 1.807) is 18.4 Å². The van der Waals surface area contributed by atoms with Crippen molar-refractivity contribution in [1.29, 1.82) is 0 Å². The number of hydrogen-bond acceptors (Lipinski definition) is 6. The summed E-state index contributed by atoms with van der Waals surface area (Å²) in [4.78, 5) is 7.51. The van der Waals surface area contributed by atoms with E-state index in [4.69, 9.17) is 9.47 Å². The van der Waals surface area contributed by atoms with E-state index in [0.29, 0.717) is 5.88 Å². The van der Waals surface area contributed by atoms with Gasteiger partial charge in [-0.1, -0.05) is 11.3 Å². The molecule has 0 aliphatic rings. The maximum Gasteiger partial charge on any atom is 0.230 e. The first-order valence-electron chi connectivity index (χ1n) is 6.08. The number of rotatable bonds is 8. The number of nitrogens with one attached hydrogen (secondary N) is 1. The van der Waals surface area contributed by atoms with Gasteiger partial charge in [0.1, 0.15) is 0 Å². The van der Waals surface area contributed by atoms with Gasteiger partial charge in [-0.2, -0.15) is 4.98 Å². The van der Waals surface area contributed by atoms with E-state index in [0.717, 1.165) is 29.7 Å². The van der Waals surface area contributed by atoms with Gasteiger partial charge in [-0.05, 0) is 13.8 Å². The Balaban J connectivity index is 2.41. The first kappa shape index (κ1) is 15.2. The van der Waals surface area contributed by atoms with Crippen LogP contribution in [0.25, 0.3) is 0 Å². The summed E-state index contributed by atoms with van der Waals surface area (Å²) in [5.41, 5.74) is 0. The third-order valence-electron chi connectivity index (χ3n) is 2.24. The number of aromatic nitrogens is 1. The quantitative estimate of drug-likeness (QED) is 0.731. The molecule has 0 aliphatic heterocycles. The number of methoxy groups -OCH3 is 1. The van der Waals surface area contributed by atoms with Gasteiger partial charge in [0.15, 0.2) is 5.13 Å². The van der Waals surface area contributed by atoms with E-state index >= 15 is 0 Å². The summed E-state index contributed by atoms with van der Waals surface area (Å²) < 4.78 is 10.7. The molecule has 1 aromatic rings. The zero-order valence-corrected chi connectivity index (χ0v) is 12.6. The largest absolute Gasteiger partial charge is 0.480 e. The van der Waals surface area contributed by atoms with Crippen molar-refractivity contribution in [2.24, 2.45) is 0 Å². The Hall–Kier alpha value is -0.850. The Morgan fingerprint density at radius 3 is 2.67 bits per heavy atom. The molecule has 1 rings (SSSR count). The minimum absolute atomic E-state index is 0.282. The molecule has 18 heavy (non-hydrogen) atoms. The second-order valence-corrected chi connectivity index (χ2v) is 5.48. The third kappa shape index (κ3) is 4.80. The minimum Gasteiger partial charge on any atom is -0.480 e. The van der Waals surface area contributed by atoms with Crippen LogP contribution in [0, 0.1) is 0 Å². The van der Waals surface area contributed by atoms with E-state index in [1.165, 1.54) is 0 Å². The molecule has 104 valence electrons. The second kappa shape index (κ2) is 7.56. The van der Waals surface area contributed by atoms with Crippen molar-refractivity contribution < 1.29 is 9.47 Å². The first-order chi connectivity index (χ1) is 8.54. The van der Waals surface area contributed by atoms with Crippen molar-refractivity contribution in [2.75, 3.05) is 39.3 Å². The lowest BCUT2D eigenvalue weighted by atomic mass is 10.4. The molecule has 0 aromatic carbocycles. The van der Waals surface area contributed by atoms with E-state index < -0.39 is 0 Å². The van der Waals surface area contributed by atoms with Crippen LogP contribution < -0.4 is 15.0 Å². The van der Waals surface area contributed by atoms with E-state index in [1.807, 2.05) is 32.8 Å². The van der Waals surface area contributed by atoms with Crippen LogP contribution in [0.15, 0.2) is 0 Å². The number of thiazole rings is 1. The molecular weight excluding hydrogens is 250 g/mol. The summed E-state index contributed by atoms with van der Waals surface area (Å²) in [7, 11) is 5.61. The molecule has 0 amide bonds. The fraction of sp³-hybridized carbons (Fsp3) is 0.750. The highest BCUT2D eigenvalue weighted by Crippen LogP contribution is 2.29. The molecule has 0 unspecified atom stereocenters. The van der Waals surface area contributed by atoms with Crippen LogP contribution in [0.5, 0.6) is 5.88 Å². The van der Waals surface area contributed by atoms with Crippen molar-refractivity contribution in [3.8, 4) is 5.88 Å². The molecule has 0 saturated heterocycles. The molecule has 0 saturated carbocycles. The highest BCUT2D eigenvalue weighted by atomic mass is 32.1. The lowest BCUT2D eigenvalue weighted by Crippen LogP contribution is -2.20. The van der Waals surface area contributed by atoms with Crippen LogP contribution in [0.4, 0.5) is 5.13 Å². The topological polar surface area (TPSA) is 46.6 Å². The van der Waals surface area contributed by atoms with Crippen molar-refractivity contribution in [3.63, 3.8) is 0 Å². The van der Waals surface area contributed by atoms with E-state index in [2.05, 4.69) is 10.3 Å². The van der Waals surface area contributed by atoms with Crippen LogP contribution in [-0.4, -0.2) is 45.4 Å². The summed E-state index contributed by atoms with van der Waals surface area (Å²) >= 11 is 1.64. The van der Waals surface area contributed by atoms with E-state index in [-0.39, 0.29) is 6.10 Å². The molecular formula is C12H23N3O2S. The molecule has 0 spiro atoms. The van der Waals surface area contributed by atoms with Crippen molar-refractivity contribution >= 4 is 16.5 Å². The fourth-order valence-corrected chi connectivity index (χ4v) is 2.28. The minimum atomic E-state index is 0.282. The Kier molecular flexibility index (Phi) is 6.38. The van der Waals surface area contributed by atoms with Gasteiger partial charge in [0.25, 0.3) is 0 Å². The monoisotopic (exact) mass is 273 g/mol. The van der Waals surface area contributed by atoms with Gasteiger partial charge >= 0.3 is 0 Å². The highest BCUT2D eigenvalue weighted by Gasteiger charge is 2.12. The molecule has 0 radical (unpaired) electrons. The number of hydrogen-bond donors (Lipinski definition) is 1. The van der Waals surface area contributed by atoms with E-state index in [9.17, 15) is 0 Å². The number of ether oxygens (including phenoxy) is 2. The van der Waals surface area contributed by atoms with Crippen LogP contribution in [0.3, 0.4) is 0 Å². The molecule has 1 heterocycles. The molecule has 0 bridgehead atoms. The molecule has 1 aromatic heterocycles. The number of nitrogens with zero attached hydrogens (tertiary/aromatic N) is 2. The normalized spacial score (nSPS) is 11.0. The van der Waals surface area contributed by atoms with Gasteiger partial charge in [-0.15, -0.1) is 0 Å². The Bertz CT molecular complexity index is 353. The van der Waals surface area contributed by atoms with Crippen LogP contribution in [0.1, 0.15) is 18.7 Å². The zero-order chi connectivity index (χ0) is 13.5. The SMILES string of the molecule is COc1nc(N(C)C)sc1CNCCOC(C)C. The lowest BCUT2D eigenvalue weighted by molar-refractivity contribution is 0.0807. The van der Waals surface area contributed by atoms with Crippen LogP contribution in [0.2, 0.25) is 0 Å². The van der Waals surface area contributed by atoms with Gasteiger partial charge < -0.3 is 19.7 Å². The predicted octanol–water partition coefficient (Wildman–Crippen LogP) is 1.73.